The van der Waals surface area contributed by atoms with Crippen molar-refractivity contribution >= 4 is 29.2 Å². The highest BCUT2D eigenvalue weighted by molar-refractivity contribution is 6.10. The fraction of sp³-hybridized carbons (Fsp3) is 0.526. The zero-order valence-corrected chi connectivity index (χ0v) is 16.3. The number of ether oxygens (including phenoxy) is 1. The molecular formula is C19H29N7O. The number of aromatic nitrogens is 3. The predicted molar refractivity (Wildman–Crippen MR) is 110 cm³/mol. The van der Waals surface area contributed by atoms with Gasteiger partial charge in [-0.3, -0.25) is 0 Å². The first-order chi connectivity index (χ1) is 13.2. The van der Waals surface area contributed by atoms with Crippen molar-refractivity contribution < 1.29 is 4.74 Å². The van der Waals surface area contributed by atoms with Crippen molar-refractivity contribution in [2.75, 3.05) is 37.0 Å². The molecule has 8 heteroatoms. The summed E-state index contributed by atoms with van der Waals surface area (Å²) in [4.78, 5) is 6.86. The zero-order chi connectivity index (χ0) is 19.2. The highest BCUT2D eigenvalue weighted by Gasteiger charge is 2.21. The van der Waals surface area contributed by atoms with Gasteiger partial charge < -0.3 is 25.7 Å². The third kappa shape index (κ3) is 4.21. The highest BCUT2D eigenvalue weighted by atomic mass is 16.5. The molecule has 0 amide bonds. The Morgan fingerprint density at radius 3 is 2.78 bits per heavy atom. The van der Waals surface area contributed by atoms with Crippen LogP contribution in [-0.2, 0) is 4.74 Å². The van der Waals surface area contributed by atoms with Crippen LogP contribution in [0.4, 0.5) is 11.8 Å². The molecule has 1 fully saturated rings. The van der Waals surface area contributed by atoms with Crippen molar-refractivity contribution in [2.24, 2.45) is 0 Å². The molecule has 0 radical (unpaired) electrons. The summed E-state index contributed by atoms with van der Waals surface area (Å²) in [6.45, 7) is 6.52. The summed E-state index contributed by atoms with van der Waals surface area (Å²) in [5.74, 6) is 1.58. The first kappa shape index (κ1) is 19.2. The molecule has 0 aliphatic carbocycles. The largest absolute Gasteiger partial charge is 0.366 e. The molecule has 0 bridgehead atoms. The molecule has 0 saturated carbocycles. The summed E-state index contributed by atoms with van der Waals surface area (Å²) in [5, 5.41) is 18.8. The zero-order valence-electron chi connectivity index (χ0n) is 16.3. The van der Waals surface area contributed by atoms with E-state index in [-0.39, 0.29) is 6.23 Å². The van der Waals surface area contributed by atoms with Crippen molar-refractivity contribution in [3.8, 4) is 0 Å². The smallest absolute Gasteiger partial charge is 0.242 e. The molecule has 0 aromatic carbocycles. The highest BCUT2D eigenvalue weighted by Crippen LogP contribution is 2.30. The van der Waals surface area contributed by atoms with Gasteiger partial charge in [-0.25, -0.2) is 0 Å². The number of pyridine rings is 1. The van der Waals surface area contributed by atoms with Crippen LogP contribution in [0.1, 0.15) is 38.7 Å². The van der Waals surface area contributed by atoms with Crippen LogP contribution in [0.2, 0.25) is 0 Å². The molecule has 3 heterocycles. The van der Waals surface area contributed by atoms with Gasteiger partial charge in [-0.15, -0.1) is 5.10 Å². The van der Waals surface area contributed by atoms with E-state index in [9.17, 15) is 0 Å². The standard InChI is InChI=1S/C19H29N7O/c1-4-27-14(2)22-13-15(12-20)16-8-9-17-23-19(21-3)24-26(17)18(16)25-10-6-5-7-11-25/h8-9,12-14,20,22H,4-7,10-11H2,1-3H3,(H,21,24)/b15-13+,20-12?. The van der Waals surface area contributed by atoms with Crippen LogP contribution in [0, 0.1) is 5.41 Å². The second-order valence-corrected chi connectivity index (χ2v) is 6.58. The minimum absolute atomic E-state index is 0.116. The number of piperidine rings is 1. The Morgan fingerprint density at radius 1 is 1.33 bits per heavy atom. The van der Waals surface area contributed by atoms with E-state index in [0.29, 0.717) is 12.6 Å². The van der Waals surface area contributed by atoms with Crippen molar-refractivity contribution in [2.45, 2.75) is 39.3 Å². The number of hydrogen-bond acceptors (Lipinski definition) is 7. The van der Waals surface area contributed by atoms with Gasteiger partial charge in [-0.2, -0.15) is 9.50 Å². The third-order valence-electron chi connectivity index (χ3n) is 4.71. The lowest BCUT2D eigenvalue weighted by Gasteiger charge is -2.30. The number of nitrogens with zero attached hydrogens (tertiary/aromatic N) is 4. The van der Waals surface area contributed by atoms with Crippen LogP contribution < -0.4 is 15.5 Å². The maximum atomic E-state index is 7.95. The molecule has 146 valence electrons. The molecule has 27 heavy (non-hydrogen) atoms. The average molecular weight is 371 g/mol. The van der Waals surface area contributed by atoms with Crippen LogP contribution in [-0.4, -0.2) is 53.8 Å². The van der Waals surface area contributed by atoms with Crippen LogP contribution in [0.15, 0.2) is 18.3 Å². The number of rotatable bonds is 8. The Kier molecular flexibility index (Phi) is 6.28. The van der Waals surface area contributed by atoms with E-state index in [0.717, 1.165) is 48.5 Å². The molecule has 8 nitrogen and oxygen atoms in total. The lowest BCUT2D eigenvalue weighted by molar-refractivity contribution is 0.0622. The van der Waals surface area contributed by atoms with Gasteiger partial charge in [0.25, 0.3) is 0 Å². The quantitative estimate of drug-likeness (QED) is 0.488. The third-order valence-corrected chi connectivity index (χ3v) is 4.71. The molecule has 3 rings (SSSR count). The Balaban J connectivity index is 2.06. The van der Waals surface area contributed by atoms with Crippen molar-refractivity contribution in [3.63, 3.8) is 0 Å². The van der Waals surface area contributed by atoms with Gasteiger partial charge in [0.2, 0.25) is 5.95 Å². The Labute approximate surface area is 160 Å². The maximum Gasteiger partial charge on any atom is 0.242 e. The second-order valence-electron chi connectivity index (χ2n) is 6.58. The van der Waals surface area contributed by atoms with E-state index in [1.54, 1.807) is 0 Å². The molecule has 1 saturated heterocycles. The van der Waals surface area contributed by atoms with Crippen molar-refractivity contribution in [3.05, 3.63) is 23.9 Å². The Hall–Kier alpha value is -2.61. The van der Waals surface area contributed by atoms with Crippen LogP contribution in [0.3, 0.4) is 0 Å². The second kappa shape index (κ2) is 8.85. The van der Waals surface area contributed by atoms with E-state index in [1.807, 2.05) is 43.7 Å². The fourth-order valence-electron chi connectivity index (χ4n) is 3.38. The van der Waals surface area contributed by atoms with Gasteiger partial charge in [0, 0.05) is 50.3 Å². The summed E-state index contributed by atoms with van der Waals surface area (Å²) in [6.07, 6.45) is 6.67. The van der Waals surface area contributed by atoms with Gasteiger partial charge in [0.05, 0.1) is 0 Å². The van der Waals surface area contributed by atoms with Gasteiger partial charge >= 0.3 is 0 Å². The fourth-order valence-corrected chi connectivity index (χ4v) is 3.38. The lowest BCUT2D eigenvalue weighted by atomic mass is 10.1. The van der Waals surface area contributed by atoms with Crippen molar-refractivity contribution in [1.29, 1.82) is 5.41 Å². The van der Waals surface area contributed by atoms with Crippen LogP contribution >= 0.6 is 0 Å². The number of fused-ring (bicyclic) bond motifs is 1. The number of anilines is 2. The molecule has 1 aliphatic rings. The van der Waals surface area contributed by atoms with Crippen LogP contribution in [0.25, 0.3) is 11.2 Å². The van der Waals surface area contributed by atoms with Gasteiger partial charge in [0.15, 0.2) is 5.65 Å². The van der Waals surface area contributed by atoms with E-state index in [4.69, 9.17) is 10.1 Å². The summed E-state index contributed by atoms with van der Waals surface area (Å²) < 4.78 is 7.41. The Morgan fingerprint density at radius 2 is 2.11 bits per heavy atom. The SMILES string of the molecule is CCOC(C)N/C=C(\C=N)c1ccc2nc(NC)nn2c1N1CCCCC1. The van der Waals surface area contributed by atoms with E-state index >= 15 is 0 Å². The molecule has 2 aromatic heterocycles. The Bertz CT molecular complexity index is 808. The normalized spacial score (nSPS) is 16.4. The monoisotopic (exact) mass is 371 g/mol. The maximum absolute atomic E-state index is 7.95. The molecule has 3 N–H and O–H groups in total. The van der Waals surface area contributed by atoms with Crippen molar-refractivity contribution in [1.82, 2.24) is 19.9 Å². The van der Waals surface area contributed by atoms with Crippen LogP contribution in [0.5, 0.6) is 0 Å². The summed E-state index contributed by atoms with van der Waals surface area (Å²) in [5.41, 5.74) is 2.54. The lowest BCUT2D eigenvalue weighted by Crippen LogP contribution is -2.32. The van der Waals surface area contributed by atoms with E-state index < -0.39 is 0 Å². The molecule has 1 aliphatic heterocycles. The summed E-state index contributed by atoms with van der Waals surface area (Å²) in [7, 11) is 1.82. The number of allylic oxidation sites excluding steroid dienone is 1. The molecule has 0 spiro atoms. The molecule has 1 unspecified atom stereocenters. The predicted octanol–water partition coefficient (Wildman–Crippen LogP) is 2.72. The number of nitrogens with one attached hydrogen (secondary N) is 3. The summed E-state index contributed by atoms with van der Waals surface area (Å²) >= 11 is 0. The first-order valence-corrected chi connectivity index (χ1v) is 9.59. The van der Waals surface area contributed by atoms with E-state index in [1.165, 1.54) is 12.6 Å². The minimum Gasteiger partial charge on any atom is -0.366 e. The number of hydrogen-bond donors (Lipinski definition) is 3. The first-order valence-electron chi connectivity index (χ1n) is 9.59. The molecule has 1 atom stereocenters. The minimum atomic E-state index is -0.116. The van der Waals surface area contributed by atoms with Gasteiger partial charge in [-0.1, -0.05) is 0 Å². The average Bonchev–Trinajstić information content (AvgIpc) is 3.12. The van der Waals surface area contributed by atoms with Gasteiger partial charge in [0.1, 0.15) is 12.0 Å². The molecule has 2 aromatic rings. The topological polar surface area (TPSA) is 90.6 Å². The van der Waals surface area contributed by atoms with Gasteiger partial charge in [-0.05, 0) is 45.2 Å². The molecular weight excluding hydrogens is 342 g/mol. The summed E-state index contributed by atoms with van der Waals surface area (Å²) in [6, 6.07) is 3.97. The van der Waals surface area contributed by atoms with E-state index in [2.05, 4.69) is 25.6 Å².